The fourth-order valence-electron chi connectivity index (χ4n) is 0.799. The Hall–Kier alpha value is -0.450. The average Bonchev–Trinajstić information content (AvgIpc) is 2.03. The average molecular weight is 227 g/mol. The third kappa shape index (κ3) is 2.49. The van der Waals surface area contributed by atoms with E-state index in [9.17, 15) is 8.78 Å². The van der Waals surface area contributed by atoms with Crippen molar-refractivity contribution in [2.75, 3.05) is 0 Å². The highest BCUT2D eigenvalue weighted by Gasteiger charge is 2.20. The number of pyridine rings is 1. The third-order valence-corrected chi connectivity index (χ3v) is 2.01. The molecule has 0 spiro atoms. The van der Waals surface area contributed by atoms with Crippen molar-refractivity contribution in [1.29, 1.82) is 0 Å². The van der Waals surface area contributed by atoms with Crippen molar-refractivity contribution >= 4 is 23.2 Å². The Kier molecular flexibility index (Phi) is 3.41. The molecular formula is C7H6Cl2F2N2. The van der Waals surface area contributed by atoms with Crippen molar-refractivity contribution in [2.45, 2.75) is 12.5 Å². The van der Waals surface area contributed by atoms with Gasteiger partial charge in [-0.1, -0.05) is 23.2 Å². The number of hydrogen-bond acceptors (Lipinski definition) is 2. The van der Waals surface area contributed by atoms with Crippen LogP contribution in [0.5, 0.6) is 0 Å². The summed E-state index contributed by atoms with van der Waals surface area (Å²) in [5.41, 5.74) is 5.27. The van der Waals surface area contributed by atoms with E-state index in [0.717, 1.165) is 6.20 Å². The van der Waals surface area contributed by atoms with Crippen LogP contribution in [0.15, 0.2) is 12.3 Å². The normalized spacial score (nSPS) is 13.4. The summed E-state index contributed by atoms with van der Waals surface area (Å²) in [7, 11) is 0. The molecule has 2 N–H and O–H groups in total. The molecule has 1 heterocycles. The lowest BCUT2D eigenvalue weighted by atomic mass is 10.1. The second kappa shape index (κ2) is 4.17. The van der Waals surface area contributed by atoms with Crippen LogP contribution >= 0.6 is 23.2 Å². The fraction of sp³-hybridized carbons (Fsp3) is 0.286. The van der Waals surface area contributed by atoms with Gasteiger partial charge in [-0.3, -0.25) is 0 Å². The van der Waals surface area contributed by atoms with Crippen LogP contribution in [-0.2, 0) is 0 Å². The molecule has 13 heavy (non-hydrogen) atoms. The summed E-state index contributed by atoms with van der Waals surface area (Å²) >= 11 is 11.1. The number of aromatic nitrogens is 1. The molecule has 72 valence electrons. The van der Waals surface area contributed by atoms with Gasteiger partial charge < -0.3 is 5.73 Å². The maximum atomic E-state index is 12.2. The highest BCUT2D eigenvalue weighted by Crippen LogP contribution is 2.26. The summed E-state index contributed by atoms with van der Waals surface area (Å²) in [5, 5.41) is 0.253. The van der Waals surface area contributed by atoms with E-state index in [2.05, 4.69) is 4.98 Å². The Bertz CT molecular complexity index is 307. The highest BCUT2D eigenvalue weighted by molar-refractivity contribution is 6.34. The Balaban J connectivity index is 3.01. The SMILES string of the molecule is NC(c1cnc(Cl)cc1Cl)C(F)F. The van der Waals surface area contributed by atoms with Crippen molar-refractivity contribution in [2.24, 2.45) is 5.73 Å². The smallest absolute Gasteiger partial charge is 0.257 e. The highest BCUT2D eigenvalue weighted by atomic mass is 35.5. The Morgan fingerprint density at radius 1 is 1.38 bits per heavy atom. The third-order valence-electron chi connectivity index (χ3n) is 1.48. The van der Waals surface area contributed by atoms with Crippen LogP contribution in [0.1, 0.15) is 11.6 Å². The molecule has 0 saturated heterocycles. The molecule has 1 aromatic rings. The lowest BCUT2D eigenvalue weighted by molar-refractivity contribution is 0.116. The molecule has 1 unspecified atom stereocenters. The van der Waals surface area contributed by atoms with Gasteiger partial charge in [0.05, 0.1) is 11.1 Å². The Morgan fingerprint density at radius 2 is 2.00 bits per heavy atom. The number of hydrogen-bond donors (Lipinski definition) is 1. The zero-order chi connectivity index (χ0) is 10.0. The molecule has 0 aliphatic rings. The fourth-order valence-corrected chi connectivity index (χ4v) is 1.29. The molecule has 0 bridgehead atoms. The van der Waals surface area contributed by atoms with Crippen LogP contribution in [0.2, 0.25) is 10.2 Å². The first-order valence-corrected chi connectivity index (χ1v) is 4.12. The molecule has 0 radical (unpaired) electrons. The predicted octanol–water partition coefficient (Wildman–Crippen LogP) is 2.65. The van der Waals surface area contributed by atoms with E-state index in [1.165, 1.54) is 6.07 Å². The molecule has 1 atom stereocenters. The summed E-state index contributed by atoms with van der Waals surface area (Å²) in [4.78, 5) is 3.61. The van der Waals surface area contributed by atoms with E-state index in [1.54, 1.807) is 0 Å². The number of nitrogens with two attached hydrogens (primary N) is 1. The number of halogens is 4. The molecule has 6 heteroatoms. The van der Waals surface area contributed by atoms with Crippen molar-refractivity contribution in [1.82, 2.24) is 4.98 Å². The molecule has 0 saturated carbocycles. The molecule has 0 amide bonds. The van der Waals surface area contributed by atoms with Gasteiger partial charge in [-0.25, -0.2) is 13.8 Å². The molecule has 0 aromatic carbocycles. The Labute approximate surface area is 83.7 Å². The summed E-state index contributed by atoms with van der Waals surface area (Å²) in [5.74, 6) is 0. The summed E-state index contributed by atoms with van der Waals surface area (Å²) < 4.78 is 24.3. The van der Waals surface area contributed by atoms with E-state index in [1.807, 2.05) is 0 Å². The van der Waals surface area contributed by atoms with E-state index in [0.29, 0.717) is 0 Å². The quantitative estimate of drug-likeness (QED) is 0.788. The zero-order valence-electron chi connectivity index (χ0n) is 6.35. The largest absolute Gasteiger partial charge is 0.319 e. The van der Waals surface area contributed by atoms with Crippen molar-refractivity contribution in [3.8, 4) is 0 Å². The van der Waals surface area contributed by atoms with Crippen molar-refractivity contribution in [3.05, 3.63) is 28.0 Å². The minimum Gasteiger partial charge on any atom is -0.319 e. The second-order valence-corrected chi connectivity index (χ2v) is 3.18. The van der Waals surface area contributed by atoms with E-state index in [-0.39, 0.29) is 15.7 Å². The van der Waals surface area contributed by atoms with Gasteiger partial charge in [-0.05, 0) is 6.07 Å². The van der Waals surface area contributed by atoms with E-state index in [4.69, 9.17) is 28.9 Å². The van der Waals surface area contributed by atoms with Crippen LogP contribution in [0, 0.1) is 0 Å². The predicted molar refractivity (Wildman–Crippen MR) is 47.2 cm³/mol. The van der Waals surface area contributed by atoms with Crippen LogP contribution in [0.25, 0.3) is 0 Å². The lowest BCUT2D eigenvalue weighted by Gasteiger charge is -2.11. The molecule has 1 rings (SSSR count). The van der Waals surface area contributed by atoms with Crippen LogP contribution < -0.4 is 5.73 Å². The molecule has 2 nitrogen and oxygen atoms in total. The molecule has 0 fully saturated rings. The summed E-state index contributed by atoms with van der Waals surface area (Å²) in [6.07, 6.45) is -1.51. The first kappa shape index (κ1) is 10.6. The van der Waals surface area contributed by atoms with Gasteiger partial charge in [0.1, 0.15) is 5.15 Å². The summed E-state index contributed by atoms with van der Waals surface area (Å²) in [6.45, 7) is 0. The van der Waals surface area contributed by atoms with Gasteiger partial charge in [-0.15, -0.1) is 0 Å². The minimum absolute atomic E-state index is 0.0982. The minimum atomic E-state index is -2.67. The standard InChI is InChI=1S/C7H6Cl2F2N2/c8-4-1-5(9)13-2-3(4)6(12)7(10)11/h1-2,6-7H,12H2. The van der Waals surface area contributed by atoms with Crippen LogP contribution in [0.4, 0.5) is 8.78 Å². The van der Waals surface area contributed by atoms with Gasteiger partial charge in [0.15, 0.2) is 0 Å². The lowest BCUT2D eigenvalue weighted by Crippen LogP contribution is -2.19. The van der Waals surface area contributed by atoms with Crippen molar-refractivity contribution < 1.29 is 8.78 Å². The maximum absolute atomic E-state index is 12.2. The van der Waals surface area contributed by atoms with Gasteiger partial charge in [-0.2, -0.15) is 0 Å². The van der Waals surface area contributed by atoms with E-state index < -0.39 is 12.5 Å². The first-order valence-electron chi connectivity index (χ1n) is 3.37. The maximum Gasteiger partial charge on any atom is 0.257 e. The first-order chi connectivity index (χ1) is 6.02. The molecule has 0 aliphatic heterocycles. The molecular weight excluding hydrogens is 221 g/mol. The molecule has 0 aliphatic carbocycles. The molecule has 1 aromatic heterocycles. The second-order valence-electron chi connectivity index (χ2n) is 2.39. The van der Waals surface area contributed by atoms with Gasteiger partial charge in [0, 0.05) is 11.8 Å². The zero-order valence-corrected chi connectivity index (χ0v) is 7.86. The Morgan fingerprint density at radius 3 is 2.46 bits per heavy atom. The van der Waals surface area contributed by atoms with Crippen LogP contribution in [-0.4, -0.2) is 11.4 Å². The number of alkyl halides is 2. The monoisotopic (exact) mass is 226 g/mol. The van der Waals surface area contributed by atoms with E-state index >= 15 is 0 Å². The summed E-state index contributed by atoms with van der Waals surface area (Å²) in [6, 6.07) is -0.141. The van der Waals surface area contributed by atoms with Crippen molar-refractivity contribution in [3.63, 3.8) is 0 Å². The van der Waals surface area contributed by atoms with Gasteiger partial charge >= 0.3 is 0 Å². The van der Waals surface area contributed by atoms with Crippen LogP contribution in [0.3, 0.4) is 0 Å². The van der Waals surface area contributed by atoms with Gasteiger partial charge in [0.25, 0.3) is 6.43 Å². The number of rotatable bonds is 2. The number of nitrogens with zero attached hydrogens (tertiary/aromatic N) is 1. The topological polar surface area (TPSA) is 38.9 Å². The van der Waals surface area contributed by atoms with Gasteiger partial charge in [0.2, 0.25) is 0 Å².